The topological polar surface area (TPSA) is 12.9 Å². The Morgan fingerprint density at radius 3 is 2.65 bits per heavy atom. The first-order chi connectivity index (χ1) is 8.24. The van der Waals surface area contributed by atoms with Crippen molar-refractivity contribution in [2.75, 3.05) is 0 Å². The molecule has 3 rings (SSSR count). The second kappa shape index (κ2) is 4.11. The second-order valence-corrected chi connectivity index (χ2v) is 5.29. The van der Waals surface area contributed by atoms with Crippen molar-refractivity contribution in [2.45, 2.75) is 13.3 Å². The smallest absolute Gasteiger partial charge is 0.0273 e. The Kier molecular flexibility index (Phi) is 2.60. The van der Waals surface area contributed by atoms with E-state index in [1.54, 1.807) is 0 Å². The van der Waals surface area contributed by atoms with Crippen LogP contribution in [0.1, 0.15) is 18.1 Å². The summed E-state index contributed by atoms with van der Waals surface area (Å²) in [6.07, 6.45) is 6.99. The van der Waals surface area contributed by atoms with E-state index in [4.69, 9.17) is 0 Å². The third kappa shape index (κ3) is 1.93. The van der Waals surface area contributed by atoms with E-state index >= 15 is 0 Å². The predicted octanol–water partition coefficient (Wildman–Crippen LogP) is 4.47. The molecule has 0 saturated carbocycles. The summed E-state index contributed by atoms with van der Waals surface area (Å²) in [6, 6.07) is 8.55. The molecular weight excluding hydrogens is 274 g/mol. The molecular formula is C15H12BrN. The summed E-state index contributed by atoms with van der Waals surface area (Å²) in [6.45, 7) is 2.18. The number of hydrogen-bond donors (Lipinski definition) is 0. The van der Waals surface area contributed by atoms with Crippen molar-refractivity contribution >= 4 is 22.0 Å². The molecule has 0 atom stereocenters. The van der Waals surface area contributed by atoms with Crippen LogP contribution in [0.3, 0.4) is 0 Å². The Morgan fingerprint density at radius 2 is 1.88 bits per heavy atom. The summed E-state index contributed by atoms with van der Waals surface area (Å²) >= 11 is 3.66. The minimum Gasteiger partial charge on any atom is -0.265 e. The van der Waals surface area contributed by atoms with Crippen molar-refractivity contribution in [3.8, 4) is 11.1 Å². The number of nitrogens with zero attached hydrogens (tertiary/aromatic N) is 1. The summed E-state index contributed by atoms with van der Waals surface area (Å²) in [7, 11) is 0. The molecule has 0 N–H and O–H groups in total. The van der Waals surface area contributed by atoms with Gasteiger partial charge in [0.15, 0.2) is 0 Å². The summed E-state index contributed by atoms with van der Waals surface area (Å²) in [4.78, 5) is 4.06. The van der Waals surface area contributed by atoms with Crippen LogP contribution in [-0.4, -0.2) is 4.98 Å². The molecule has 0 saturated heterocycles. The first-order valence-electron chi connectivity index (χ1n) is 5.64. The Bertz CT molecular complexity index is 600. The van der Waals surface area contributed by atoms with Crippen molar-refractivity contribution in [1.29, 1.82) is 0 Å². The van der Waals surface area contributed by atoms with E-state index in [1.165, 1.54) is 32.3 Å². The zero-order valence-electron chi connectivity index (χ0n) is 9.57. The van der Waals surface area contributed by atoms with Crippen LogP contribution < -0.4 is 0 Å². The number of hydrogen-bond acceptors (Lipinski definition) is 1. The lowest BCUT2D eigenvalue weighted by Gasteiger charge is -2.07. The molecule has 0 amide bonds. The van der Waals surface area contributed by atoms with Gasteiger partial charge in [-0.3, -0.25) is 4.98 Å². The predicted molar refractivity (Wildman–Crippen MR) is 74.7 cm³/mol. The lowest BCUT2D eigenvalue weighted by molar-refractivity contribution is 1.19. The van der Waals surface area contributed by atoms with Crippen LogP contribution in [0, 0.1) is 0 Å². The summed E-state index contributed by atoms with van der Waals surface area (Å²) in [5.41, 5.74) is 6.63. The van der Waals surface area contributed by atoms with E-state index in [-0.39, 0.29) is 0 Å². The highest BCUT2D eigenvalue weighted by Gasteiger charge is 2.14. The van der Waals surface area contributed by atoms with Crippen LogP contribution >= 0.6 is 15.9 Å². The van der Waals surface area contributed by atoms with Crippen LogP contribution in [0.25, 0.3) is 17.2 Å². The molecule has 0 aliphatic heterocycles. The van der Waals surface area contributed by atoms with Gasteiger partial charge in [0, 0.05) is 16.9 Å². The molecule has 0 fully saturated rings. The van der Waals surface area contributed by atoms with Crippen molar-refractivity contribution in [1.82, 2.24) is 4.98 Å². The van der Waals surface area contributed by atoms with Gasteiger partial charge in [0.25, 0.3) is 0 Å². The van der Waals surface area contributed by atoms with Crippen LogP contribution in [0.2, 0.25) is 0 Å². The maximum Gasteiger partial charge on any atom is 0.0273 e. The lowest BCUT2D eigenvalue weighted by atomic mass is 10.0. The molecule has 1 aliphatic rings. The van der Waals surface area contributed by atoms with E-state index in [9.17, 15) is 0 Å². The number of rotatable bonds is 1. The van der Waals surface area contributed by atoms with Crippen molar-refractivity contribution in [3.05, 3.63) is 57.8 Å². The van der Waals surface area contributed by atoms with Crippen LogP contribution in [0.15, 0.2) is 46.7 Å². The fraction of sp³-hybridized carbons (Fsp3) is 0.133. The molecule has 0 radical (unpaired) electrons. The Labute approximate surface area is 109 Å². The molecule has 2 heteroatoms. The van der Waals surface area contributed by atoms with E-state index < -0.39 is 0 Å². The summed E-state index contributed by atoms with van der Waals surface area (Å²) in [5, 5.41) is 0. The fourth-order valence-electron chi connectivity index (χ4n) is 2.29. The monoisotopic (exact) mass is 285 g/mol. The highest BCUT2D eigenvalue weighted by atomic mass is 79.9. The van der Waals surface area contributed by atoms with Gasteiger partial charge in [0.2, 0.25) is 0 Å². The zero-order chi connectivity index (χ0) is 11.8. The van der Waals surface area contributed by atoms with Gasteiger partial charge in [-0.25, -0.2) is 0 Å². The highest BCUT2D eigenvalue weighted by Crippen LogP contribution is 2.35. The van der Waals surface area contributed by atoms with Crippen molar-refractivity contribution in [2.24, 2.45) is 0 Å². The number of aromatic nitrogens is 1. The van der Waals surface area contributed by atoms with Gasteiger partial charge in [0.1, 0.15) is 0 Å². The molecule has 1 aromatic heterocycles. The SMILES string of the molecule is CC1=Cc2c(Br)cc(-c3ccncc3)cc2C1. The fourth-order valence-corrected chi connectivity index (χ4v) is 2.91. The first-order valence-corrected chi connectivity index (χ1v) is 6.43. The minimum absolute atomic E-state index is 1.06. The molecule has 0 bridgehead atoms. The Hall–Kier alpha value is -1.41. The van der Waals surface area contributed by atoms with Crippen molar-refractivity contribution in [3.63, 3.8) is 0 Å². The number of benzene rings is 1. The average molecular weight is 286 g/mol. The number of halogens is 1. The zero-order valence-corrected chi connectivity index (χ0v) is 11.2. The molecule has 0 unspecified atom stereocenters. The van der Waals surface area contributed by atoms with Gasteiger partial charge in [-0.15, -0.1) is 0 Å². The van der Waals surface area contributed by atoms with Gasteiger partial charge < -0.3 is 0 Å². The molecule has 1 nitrogen and oxygen atoms in total. The standard InChI is InChI=1S/C15H12BrN/c1-10-6-13-8-12(9-15(16)14(13)7-10)11-2-4-17-5-3-11/h2-5,7-9H,6H2,1H3. The normalized spacial score (nSPS) is 13.4. The van der Waals surface area contributed by atoms with Gasteiger partial charge in [0.05, 0.1) is 0 Å². The van der Waals surface area contributed by atoms with Crippen LogP contribution in [-0.2, 0) is 6.42 Å². The summed E-state index contributed by atoms with van der Waals surface area (Å²) < 4.78 is 1.18. The number of fused-ring (bicyclic) bond motifs is 1. The highest BCUT2D eigenvalue weighted by molar-refractivity contribution is 9.10. The third-order valence-corrected chi connectivity index (χ3v) is 3.74. The van der Waals surface area contributed by atoms with E-state index in [2.05, 4.69) is 46.0 Å². The average Bonchev–Trinajstić information content (AvgIpc) is 2.71. The third-order valence-electron chi connectivity index (χ3n) is 3.09. The maximum absolute atomic E-state index is 4.06. The Balaban J connectivity index is 2.13. The van der Waals surface area contributed by atoms with Gasteiger partial charge in [-0.1, -0.05) is 33.6 Å². The molecule has 1 aromatic carbocycles. The van der Waals surface area contributed by atoms with Gasteiger partial charge >= 0.3 is 0 Å². The van der Waals surface area contributed by atoms with E-state index in [0.717, 1.165) is 6.42 Å². The van der Waals surface area contributed by atoms with Crippen molar-refractivity contribution < 1.29 is 0 Å². The Morgan fingerprint density at radius 1 is 1.12 bits per heavy atom. The second-order valence-electron chi connectivity index (χ2n) is 4.43. The molecule has 0 spiro atoms. The van der Waals surface area contributed by atoms with E-state index in [0.29, 0.717) is 0 Å². The molecule has 2 aromatic rings. The molecule has 17 heavy (non-hydrogen) atoms. The largest absolute Gasteiger partial charge is 0.265 e. The van der Waals surface area contributed by atoms with Gasteiger partial charge in [-0.2, -0.15) is 0 Å². The number of pyridine rings is 1. The minimum atomic E-state index is 1.06. The maximum atomic E-state index is 4.06. The summed E-state index contributed by atoms with van der Waals surface area (Å²) in [5.74, 6) is 0. The van der Waals surface area contributed by atoms with Gasteiger partial charge in [-0.05, 0) is 53.8 Å². The molecule has 1 aliphatic carbocycles. The van der Waals surface area contributed by atoms with Crippen LogP contribution in [0.4, 0.5) is 0 Å². The molecule has 84 valence electrons. The first kappa shape index (κ1) is 10.7. The number of allylic oxidation sites excluding steroid dienone is 1. The van der Waals surface area contributed by atoms with E-state index in [1.807, 2.05) is 24.5 Å². The lowest BCUT2D eigenvalue weighted by Crippen LogP contribution is -1.87. The van der Waals surface area contributed by atoms with Crippen LogP contribution in [0.5, 0.6) is 0 Å². The quantitative estimate of drug-likeness (QED) is 0.753. The molecule has 1 heterocycles.